The number of aryl methyl sites for hydroxylation is 1. The highest BCUT2D eigenvalue weighted by Crippen LogP contribution is 2.22. The van der Waals surface area contributed by atoms with Gasteiger partial charge < -0.3 is 15.2 Å². The molecule has 0 radical (unpaired) electrons. The number of esters is 1. The number of hydrogen-bond acceptors (Lipinski definition) is 4. The Labute approximate surface area is 188 Å². The predicted octanol–water partition coefficient (Wildman–Crippen LogP) is 6.56. The van der Waals surface area contributed by atoms with Gasteiger partial charge >= 0.3 is 5.97 Å². The summed E-state index contributed by atoms with van der Waals surface area (Å²) in [5.41, 5.74) is 9.21. The molecule has 2 N–H and O–H groups in total. The fourth-order valence-corrected chi connectivity index (χ4v) is 3.51. The van der Waals surface area contributed by atoms with Crippen LogP contribution in [0.5, 0.6) is 11.5 Å². The Morgan fingerprint density at radius 2 is 1.44 bits per heavy atom. The van der Waals surface area contributed by atoms with E-state index < -0.39 is 5.97 Å². The molecule has 0 bridgehead atoms. The van der Waals surface area contributed by atoms with E-state index >= 15 is 0 Å². The van der Waals surface area contributed by atoms with Crippen molar-refractivity contribution in [3.05, 3.63) is 102 Å². The minimum absolute atomic E-state index is 0.397. The van der Waals surface area contributed by atoms with Crippen LogP contribution < -0.4 is 15.2 Å². The summed E-state index contributed by atoms with van der Waals surface area (Å²) in [4.78, 5) is 12.5. The Morgan fingerprint density at radius 1 is 0.781 bits per heavy atom. The highest BCUT2D eigenvalue weighted by molar-refractivity contribution is 5.96. The van der Waals surface area contributed by atoms with Crippen LogP contribution in [0.2, 0.25) is 0 Å². The first-order valence-corrected chi connectivity index (χ1v) is 10.9. The summed E-state index contributed by atoms with van der Waals surface area (Å²) in [5.74, 6) is 0.938. The van der Waals surface area contributed by atoms with E-state index in [1.54, 1.807) is 30.3 Å². The van der Waals surface area contributed by atoms with Crippen molar-refractivity contribution in [3.8, 4) is 11.5 Å². The second-order valence-corrected chi connectivity index (χ2v) is 7.89. The summed E-state index contributed by atoms with van der Waals surface area (Å²) in [5, 5.41) is 2.02. The van der Waals surface area contributed by atoms with E-state index in [2.05, 4.69) is 25.1 Å². The van der Waals surface area contributed by atoms with Crippen molar-refractivity contribution >= 4 is 22.4 Å². The van der Waals surface area contributed by atoms with Gasteiger partial charge in [0.2, 0.25) is 0 Å². The van der Waals surface area contributed by atoms with Gasteiger partial charge in [-0.3, -0.25) is 0 Å². The topological polar surface area (TPSA) is 61.5 Å². The van der Waals surface area contributed by atoms with Gasteiger partial charge in [0.25, 0.3) is 0 Å². The SMILES string of the molecule is CCCCc1ccc(OCc2ccc3cc(C(=O)Oc4ccc(N)cc4)ccc3c2)cc1. The van der Waals surface area contributed by atoms with Crippen molar-refractivity contribution < 1.29 is 14.3 Å². The molecule has 0 spiro atoms. The number of fused-ring (bicyclic) bond motifs is 1. The minimum Gasteiger partial charge on any atom is -0.489 e. The number of carbonyl (C=O) groups is 1. The maximum Gasteiger partial charge on any atom is 0.343 e. The molecule has 0 amide bonds. The van der Waals surface area contributed by atoms with Crippen LogP contribution >= 0.6 is 0 Å². The Bertz CT molecular complexity index is 1200. The molecule has 32 heavy (non-hydrogen) atoms. The van der Waals surface area contributed by atoms with Gasteiger partial charge in [0.05, 0.1) is 5.56 Å². The van der Waals surface area contributed by atoms with Crippen molar-refractivity contribution in [2.45, 2.75) is 32.8 Å². The molecule has 4 nitrogen and oxygen atoms in total. The molecule has 4 rings (SSSR count). The molecule has 0 aliphatic carbocycles. The Hall–Kier alpha value is -3.79. The van der Waals surface area contributed by atoms with Crippen LogP contribution in [0.4, 0.5) is 5.69 Å². The number of carbonyl (C=O) groups excluding carboxylic acids is 1. The fraction of sp³-hybridized carbons (Fsp3) is 0.179. The van der Waals surface area contributed by atoms with Gasteiger partial charge in [-0.25, -0.2) is 4.79 Å². The van der Waals surface area contributed by atoms with Gasteiger partial charge in [-0.1, -0.05) is 43.7 Å². The van der Waals surface area contributed by atoms with Crippen molar-refractivity contribution in [1.29, 1.82) is 0 Å². The van der Waals surface area contributed by atoms with Gasteiger partial charge in [-0.05, 0) is 89.3 Å². The van der Waals surface area contributed by atoms with Gasteiger partial charge in [0, 0.05) is 5.69 Å². The molecular weight excluding hydrogens is 398 g/mol. The Morgan fingerprint density at radius 3 is 2.19 bits per heavy atom. The lowest BCUT2D eigenvalue weighted by molar-refractivity contribution is 0.0735. The number of hydrogen-bond donors (Lipinski definition) is 1. The van der Waals surface area contributed by atoms with Crippen molar-refractivity contribution in [3.63, 3.8) is 0 Å². The summed E-state index contributed by atoms with van der Waals surface area (Å²) in [6, 6.07) is 26.8. The smallest absolute Gasteiger partial charge is 0.343 e. The van der Waals surface area contributed by atoms with Crippen molar-refractivity contribution in [1.82, 2.24) is 0 Å². The van der Waals surface area contributed by atoms with E-state index in [4.69, 9.17) is 15.2 Å². The van der Waals surface area contributed by atoms with E-state index in [9.17, 15) is 4.79 Å². The fourth-order valence-electron chi connectivity index (χ4n) is 3.51. The minimum atomic E-state index is -0.397. The maximum atomic E-state index is 12.5. The molecule has 0 fully saturated rings. The molecule has 4 aromatic rings. The third kappa shape index (κ3) is 5.46. The summed E-state index contributed by atoms with van der Waals surface area (Å²) in [6.07, 6.45) is 3.51. The van der Waals surface area contributed by atoms with E-state index in [0.29, 0.717) is 23.6 Å². The van der Waals surface area contributed by atoms with Gasteiger partial charge in [-0.15, -0.1) is 0 Å². The largest absolute Gasteiger partial charge is 0.489 e. The van der Waals surface area contributed by atoms with Gasteiger partial charge in [0.1, 0.15) is 18.1 Å². The number of benzene rings is 4. The molecule has 0 saturated heterocycles. The van der Waals surface area contributed by atoms with Crippen LogP contribution in [-0.2, 0) is 13.0 Å². The number of unbranched alkanes of at least 4 members (excludes halogenated alkanes) is 1. The first-order valence-electron chi connectivity index (χ1n) is 10.9. The first kappa shape index (κ1) is 21.4. The standard InChI is InChI=1S/C28H27NO3/c1-2-3-4-20-6-13-26(14-7-20)31-19-21-5-8-23-18-24(10-9-22(23)17-21)28(30)32-27-15-11-25(29)12-16-27/h5-18H,2-4,19,29H2,1H3. The molecule has 0 atom stereocenters. The Balaban J connectivity index is 1.40. The monoisotopic (exact) mass is 425 g/mol. The number of nitrogen functional groups attached to an aromatic ring is 1. The average Bonchev–Trinajstić information content (AvgIpc) is 2.83. The van der Waals surface area contributed by atoms with Crippen LogP contribution in [0.25, 0.3) is 10.8 Å². The van der Waals surface area contributed by atoms with Crippen LogP contribution in [0.15, 0.2) is 84.9 Å². The highest BCUT2D eigenvalue weighted by Gasteiger charge is 2.10. The number of ether oxygens (including phenoxy) is 2. The third-order valence-corrected chi connectivity index (χ3v) is 5.38. The summed E-state index contributed by atoms with van der Waals surface area (Å²) >= 11 is 0. The lowest BCUT2D eigenvalue weighted by Crippen LogP contribution is -2.08. The van der Waals surface area contributed by atoms with Crippen LogP contribution in [-0.4, -0.2) is 5.97 Å². The van der Waals surface area contributed by atoms with Crippen molar-refractivity contribution in [2.24, 2.45) is 0 Å². The van der Waals surface area contributed by atoms with Crippen LogP contribution in [0.1, 0.15) is 41.3 Å². The maximum absolute atomic E-state index is 12.5. The van der Waals surface area contributed by atoms with E-state index in [-0.39, 0.29) is 0 Å². The lowest BCUT2D eigenvalue weighted by atomic mass is 10.0. The molecular formula is C28H27NO3. The quantitative estimate of drug-likeness (QED) is 0.197. The zero-order valence-corrected chi connectivity index (χ0v) is 18.2. The first-order chi connectivity index (χ1) is 15.6. The van der Waals surface area contributed by atoms with E-state index in [0.717, 1.165) is 28.5 Å². The van der Waals surface area contributed by atoms with Crippen molar-refractivity contribution in [2.75, 3.05) is 5.73 Å². The summed E-state index contributed by atoms with van der Waals surface area (Å²) in [7, 11) is 0. The van der Waals surface area contributed by atoms with Crippen LogP contribution in [0, 0.1) is 0 Å². The highest BCUT2D eigenvalue weighted by atomic mass is 16.5. The van der Waals surface area contributed by atoms with Crippen LogP contribution in [0.3, 0.4) is 0 Å². The van der Waals surface area contributed by atoms with Gasteiger partial charge in [0.15, 0.2) is 0 Å². The zero-order chi connectivity index (χ0) is 22.3. The normalized spacial score (nSPS) is 10.8. The molecule has 0 aromatic heterocycles. The summed E-state index contributed by atoms with van der Waals surface area (Å²) < 4.78 is 11.4. The number of rotatable bonds is 8. The average molecular weight is 426 g/mol. The molecule has 4 aromatic carbocycles. The molecule has 0 aliphatic rings. The molecule has 0 heterocycles. The molecule has 162 valence electrons. The van der Waals surface area contributed by atoms with E-state index in [1.165, 1.54) is 18.4 Å². The predicted molar refractivity (Wildman–Crippen MR) is 129 cm³/mol. The molecule has 0 unspecified atom stereocenters. The number of nitrogens with two attached hydrogens (primary N) is 1. The zero-order valence-electron chi connectivity index (χ0n) is 18.2. The number of anilines is 1. The summed E-state index contributed by atoms with van der Waals surface area (Å²) in [6.45, 7) is 2.69. The molecule has 0 saturated carbocycles. The molecule has 0 aliphatic heterocycles. The third-order valence-electron chi connectivity index (χ3n) is 5.38. The second-order valence-electron chi connectivity index (χ2n) is 7.89. The van der Waals surface area contributed by atoms with E-state index in [1.807, 2.05) is 36.4 Å². The van der Waals surface area contributed by atoms with Gasteiger partial charge in [-0.2, -0.15) is 0 Å². The lowest BCUT2D eigenvalue weighted by Gasteiger charge is -2.09. The molecule has 4 heteroatoms. The second kappa shape index (κ2) is 10.0. The Kier molecular flexibility index (Phi) is 6.71.